The third kappa shape index (κ3) is 20.0. The zero-order valence-electron chi connectivity index (χ0n) is 61.2. The van der Waals surface area contributed by atoms with Crippen LogP contribution in [-0.4, -0.2) is 121 Å². The molecular weight excluding hydrogens is 1280 g/mol. The molecule has 102 heavy (non-hydrogen) atoms. The molecule has 14 heteroatoms. The smallest absolute Gasteiger partial charge is 0.191 e. The van der Waals surface area contributed by atoms with Gasteiger partial charge >= 0.3 is 0 Å². The number of hydrogen-bond donors (Lipinski definition) is 0. The molecule has 0 N–H and O–H groups in total. The Hall–Kier alpha value is -8.54. The van der Waals surface area contributed by atoms with Gasteiger partial charge in [-0.3, -0.25) is 0 Å². The molecule has 9 aromatic rings. The molecule has 0 aliphatic rings. The number of benzene rings is 9. The van der Waals surface area contributed by atoms with Crippen LogP contribution in [0.1, 0.15) is 116 Å². The number of rotatable bonds is 46. The van der Waals surface area contributed by atoms with Gasteiger partial charge in [-0.1, -0.05) is 204 Å². The van der Waals surface area contributed by atoms with Crippen LogP contribution in [0.15, 0.2) is 237 Å². The number of hydrogen-bond acceptors (Lipinski definition) is 14. The van der Waals surface area contributed by atoms with Gasteiger partial charge in [0, 0.05) is 31.7 Å². The molecule has 0 saturated carbocycles. The van der Waals surface area contributed by atoms with Gasteiger partial charge in [-0.2, -0.15) is 0 Å². The van der Waals surface area contributed by atoms with E-state index in [1.165, 1.54) is 0 Å². The van der Waals surface area contributed by atoms with Gasteiger partial charge in [0.05, 0.1) is 88.9 Å². The Kier molecular flexibility index (Phi) is 30.3. The van der Waals surface area contributed by atoms with E-state index in [0.717, 1.165) is 104 Å². The fraction of sp³-hybridized carbons (Fsp3) is 0.375. The Morgan fingerprint density at radius 3 is 0.794 bits per heavy atom. The van der Waals surface area contributed by atoms with Crippen LogP contribution >= 0.6 is 0 Å². The maximum atomic E-state index is 7.28. The molecule has 14 nitrogen and oxygen atoms in total. The summed E-state index contributed by atoms with van der Waals surface area (Å²) in [6.45, 7) is 14.6. The highest BCUT2D eigenvalue weighted by atomic mass is 16.7. The highest BCUT2D eigenvalue weighted by Gasteiger charge is 2.42. The highest BCUT2D eigenvalue weighted by molar-refractivity contribution is 5.53. The Labute approximate surface area is 606 Å². The molecule has 0 aliphatic heterocycles. The fourth-order valence-electron chi connectivity index (χ4n) is 13.0. The summed E-state index contributed by atoms with van der Waals surface area (Å²) in [5, 5.41) is 0. The van der Waals surface area contributed by atoms with Crippen molar-refractivity contribution < 1.29 is 66.3 Å². The summed E-state index contributed by atoms with van der Waals surface area (Å²) in [7, 11) is 10.0. The number of unbranched alkanes of at least 4 members (excludes halogenated alkanes) is 2. The van der Waals surface area contributed by atoms with Crippen molar-refractivity contribution in [2.24, 2.45) is 11.8 Å². The van der Waals surface area contributed by atoms with Crippen molar-refractivity contribution in [1.29, 1.82) is 0 Å². The molecule has 1 radical (unpaired) electrons. The van der Waals surface area contributed by atoms with Crippen molar-refractivity contribution in [1.82, 2.24) is 0 Å². The van der Waals surface area contributed by atoms with Crippen LogP contribution in [0.5, 0.6) is 34.5 Å². The Bertz CT molecular complexity index is 3450. The summed E-state index contributed by atoms with van der Waals surface area (Å²) >= 11 is 0. The summed E-state index contributed by atoms with van der Waals surface area (Å²) < 4.78 is 89.3. The van der Waals surface area contributed by atoms with Gasteiger partial charge < -0.3 is 66.3 Å². The zero-order valence-corrected chi connectivity index (χ0v) is 61.2. The molecule has 0 saturated heterocycles. The lowest BCUT2D eigenvalue weighted by molar-refractivity contribution is -0.292. The van der Waals surface area contributed by atoms with E-state index in [-0.39, 0.29) is 11.8 Å². The van der Waals surface area contributed by atoms with Gasteiger partial charge in [-0.15, -0.1) is 0 Å². The maximum Gasteiger partial charge on any atom is 0.191 e. The predicted molar refractivity (Wildman–Crippen MR) is 402 cm³/mol. The third-order valence-electron chi connectivity index (χ3n) is 18.6. The maximum absolute atomic E-state index is 7.28. The second-order valence-corrected chi connectivity index (χ2v) is 25.8. The molecule has 9 rings (SSSR count). The molecule has 0 spiro atoms. The van der Waals surface area contributed by atoms with E-state index in [1.807, 2.05) is 134 Å². The van der Waals surface area contributed by atoms with Crippen LogP contribution in [-0.2, 0) is 54.7 Å². The SMILES string of the molecule is [CH2]CCCCC(OCCCOC(c1ccccc1)(c1ccc(OC)cc1)c1ccc(OC)cc1)C(C)(OCC(C)COCCCOC(c1ccccc1)(c1ccc(OC)cc1)c1ccc(OC)cc1)OCC(C)COCCCOC(c1ccccc1)(c1ccc(OC)cc1)c1ccc(OC)cc1. The second kappa shape index (κ2) is 39.8. The van der Waals surface area contributed by atoms with E-state index in [9.17, 15) is 0 Å². The van der Waals surface area contributed by atoms with E-state index in [2.05, 4.69) is 130 Å². The monoisotopic (exact) mass is 1390 g/mol. The zero-order chi connectivity index (χ0) is 71.9. The van der Waals surface area contributed by atoms with Crippen molar-refractivity contribution in [3.05, 3.63) is 294 Å². The summed E-state index contributed by atoms with van der Waals surface area (Å²) in [5.41, 5.74) is 5.94. The first-order valence-corrected chi connectivity index (χ1v) is 35.7. The molecule has 0 aliphatic carbocycles. The molecule has 3 atom stereocenters. The molecule has 0 aromatic heterocycles. The van der Waals surface area contributed by atoms with Gasteiger partial charge in [0.1, 0.15) is 57.4 Å². The Morgan fingerprint density at radius 1 is 0.284 bits per heavy atom. The first-order chi connectivity index (χ1) is 49.9. The average Bonchev–Trinajstić information content (AvgIpc) is 0.775. The Morgan fingerprint density at radius 2 is 0.539 bits per heavy atom. The summed E-state index contributed by atoms with van der Waals surface area (Å²) in [5.74, 6) is 3.37. The number of ether oxygens (including phenoxy) is 14. The standard InChI is InChI=1S/C88H105O14/c1-11-12-16-32-84(97-59-25-62-100-88(71-30-21-15-22-31-71,76-41-53-82(93-9)54-42-76)77-43-55-83(94-10)56-44-77)85(4,101-65-67(2)63-95-57-23-60-98-86(69-26-17-13-18-27-69,72-33-45-78(89-5)46-34-72)73-35-47-79(90-6)48-36-73)102-66-68(3)64-96-58-24-61-99-87(70-28-19-14-20-29-70,74-37-49-80(91-7)50-38-74)75-39-51-81(92-8)52-40-75/h13-15,17-22,26-31,33-56,67-68,84H,1,11-12,16,23-25,32,57-66H2,2-10H3. The quantitative estimate of drug-likeness (QED) is 0.0204. The second-order valence-electron chi connectivity index (χ2n) is 25.8. The van der Waals surface area contributed by atoms with Crippen LogP contribution in [0.2, 0.25) is 0 Å². The van der Waals surface area contributed by atoms with Crippen molar-refractivity contribution in [3.63, 3.8) is 0 Å². The van der Waals surface area contributed by atoms with Crippen LogP contribution in [0.3, 0.4) is 0 Å². The van der Waals surface area contributed by atoms with Crippen molar-refractivity contribution >= 4 is 0 Å². The lowest BCUT2D eigenvalue weighted by Gasteiger charge is -2.39. The van der Waals surface area contributed by atoms with E-state index in [1.54, 1.807) is 42.7 Å². The molecule has 541 valence electrons. The van der Waals surface area contributed by atoms with E-state index in [0.29, 0.717) is 91.8 Å². The lowest BCUT2D eigenvalue weighted by atomic mass is 9.80. The molecule has 0 bridgehead atoms. The topological polar surface area (TPSA) is 129 Å². The summed E-state index contributed by atoms with van der Waals surface area (Å²) in [4.78, 5) is 0. The number of methoxy groups -OCH3 is 6. The van der Waals surface area contributed by atoms with Crippen LogP contribution in [0, 0.1) is 18.8 Å². The minimum absolute atomic E-state index is 0.00944. The van der Waals surface area contributed by atoms with Crippen LogP contribution in [0.25, 0.3) is 0 Å². The van der Waals surface area contributed by atoms with E-state index < -0.39 is 28.7 Å². The van der Waals surface area contributed by atoms with Crippen LogP contribution in [0.4, 0.5) is 0 Å². The van der Waals surface area contributed by atoms with Crippen molar-refractivity contribution in [2.75, 3.05) is 109 Å². The first kappa shape index (κ1) is 77.6. The van der Waals surface area contributed by atoms with Gasteiger partial charge in [0.2, 0.25) is 0 Å². The van der Waals surface area contributed by atoms with Gasteiger partial charge in [0.15, 0.2) is 5.79 Å². The molecular formula is C88H105O14. The average molecular weight is 1390 g/mol. The lowest BCUT2D eigenvalue weighted by Crippen LogP contribution is -2.48. The minimum Gasteiger partial charge on any atom is -0.497 e. The van der Waals surface area contributed by atoms with Gasteiger partial charge in [-0.05, 0) is 155 Å². The Balaban J connectivity index is 0.885. The van der Waals surface area contributed by atoms with Crippen molar-refractivity contribution in [3.8, 4) is 34.5 Å². The predicted octanol–water partition coefficient (Wildman–Crippen LogP) is 18.1. The molecule has 0 heterocycles. The molecule has 9 aromatic carbocycles. The molecule has 0 fully saturated rings. The minimum atomic E-state index is -1.17. The molecule has 3 unspecified atom stereocenters. The van der Waals surface area contributed by atoms with Gasteiger partial charge in [0.25, 0.3) is 0 Å². The van der Waals surface area contributed by atoms with E-state index >= 15 is 0 Å². The van der Waals surface area contributed by atoms with Crippen LogP contribution < -0.4 is 28.4 Å². The van der Waals surface area contributed by atoms with Crippen molar-refractivity contribution in [2.45, 2.75) is 94.4 Å². The fourth-order valence-corrected chi connectivity index (χ4v) is 13.0. The first-order valence-electron chi connectivity index (χ1n) is 35.7. The normalized spacial score (nSPS) is 13.4. The van der Waals surface area contributed by atoms with Gasteiger partial charge in [-0.25, -0.2) is 0 Å². The summed E-state index contributed by atoms with van der Waals surface area (Å²) in [6, 6.07) is 79.6. The van der Waals surface area contributed by atoms with E-state index in [4.69, 9.17) is 66.3 Å². The largest absolute Gasteiger partial charge is 0.497 e. The summed E-state index contributed by atoms with van der Waals surface area (Å²) in [6.07, 6.45) is 4.67. The highest BCUT2D eigenvalue weighted by Crippen LogP contribution is 2.45. The third-order valence-corrected chi connectivity index (χ3v) is 18.6. The molecule has 0 amide bonds.